The Hall–Kier alpha value is -0.970. The highest BCUT2D eigenvalue weighted by molar-refractivity contribution is 9.09. The number of rotatable bonds is 3. The van der Waals surface area contributed by atoms with Crippen molar-refractivity contribution in [3.8, 4) is 0 Å². The van der Waals surface area contributed by atoms with Crippen LogP contribution in [-0.2, 0) is 0 Å². The Morgan fingerprint density at radius 2 is 2.06 bits per heavy atom. The third-order valence-electron chi connectivity index (χ3n) is 3.16. The molecule has 0 radical (unpaired) electrons. The highest BCUT2D eigenvalue weighted by Crippen LogP contribution is 2.29. The number of hydrogen-bond donors (Lipinski definition) is 1. The number of amides is 1. The van der Waals surface area contributed by atoms with Crippen LogP contribution in [0.15, 0.2) is 18.7 Å². The van der Waals surface area contributed by atoms with Crippen LogP contribution in [-0.4, -0.2) is 27.2 Å². The van der Waals surface area contributed by atoms with Gasteiger partial charge in [0.2, 0.25) is 0 Å². The second-order valence-electron chi connectivity index (χ2n) is 4.40. The highest BCUT2D eigenvalue weighted by atomic mass is 79.9. The standard InChI is InChI=1S/C12H16BrN3O/c13-11-4-2-1-3-9(11)7-16-12(17)10-5-14-8-15-6-10/h5-6,8-9,11H,1-4,7H2,(H,16,17). The molecular formula is C12H16BrN3O. The van der Waals surface area contributed by atoms with E-state index >= 15 is 0 Å². The molecule has 1 fully saturated rings. The van der Waals surface area contributed by atoms with Crippen molar-refractivity contribution in [2.24, 2.45) is 5.92 Å². The molecule has 2 atom stereocenters. The molecule has 1 aromatic heterocycles. The summed E-state index contributed by atoms with van der Waals surface area (Å²) in [5.74, 6) is 0.452. The average molecular weight is 298 g/mol. The number of halogens is 1. The van der Waals surface area contributed by atoms with Crippen molar-refractivity contribution in [1.82, 2.24) is 15.3 Å². The molecule has 1 aliphatic carbocycles. The molecule has 1 aliphatic rings. The van der Waals surface area contributed by atoms with E-state index in [2.05, 4.69) is 31.2 Å². The number of carbonyl (C=O) groups excluding carboxylic acids is 1. The van der Waals surface area contributed by atoms with Gasteiger partial charge in [0.1, 0.15) is 6.33 Å². The lowest BCUT2D eigenvalue weighted by Gasteiger charge is -2.27. The van der Waals surface area contributed by atoms with Gasteiger partial charge < -0.3 is 5.32 Å². The molecule has 0 spiro atoms. The third-order valence-corrected chi connectivity index (χ3v) is 4.37. The van der Waals surface area contributed by atoms with Gasteiger partial charge in [-0.25, -0.2) is 9.97 Å². The molecule has 17 heavy (non-hydrogen) atoms. The second-order valence-corrected chi connectivity index (χ2v) is 5.57. The Bertz CT molecular complexity index is 371. The summed E-state index contributed by atoms with van der Waals surface area (Å²) in [6, 6.07) is 0. The van der Waals surface area contributed by atoms with Gasteiger partial charge in [-0.1, -0.05) is 28.8 Å². The molecule has 1 heterocycles. The van der Waals surface area contributed by atoms with Gasteiger partial charge in [0.25, 0.3) is 5.91 Å². The van der Waals surface area contributed by atoms with E-state index < -0.39 is 0 Å². The summed E-state index contributed by atoms with van der Waals surface area (Å²) in [7, 11) is 0. The van der Waals surface area contributed by atoms with Crippen LogP contribution in [0, 0.1) is 5.92 Å². The number of alkyl halides is 1. The maximum absolute atomic E-state index is 11.8. The summed E-state index contributed by atoms with van der Waals surface area (Å²) in [5, 5.41) is 2.95. The summed E-state index contributed by atoms with van der Waals surface area (Å²) < 4.78 is 0. The first kappa shape index (κ1) is 12.5. The minimum atomic E-state index is -0.0872. The molecule has 5 heteroatoms. The Balaban J connectivity index is 1.84. The fourth-order valence-electron chi connectivity index (χ4n) is 2.13. The van der Waals surface area contributed by atoms with E-state index in [0.717, 1.165) is 6.54 Å². The molecule has 1 saturated carbocycles. The molecule has 0 aliphatic heterocycles. The lowest BCUT2D eigenvalue weighted by molar-refractivity contribution is 0.0943. The zero-order chi connectivity index (χ0) is 12.1. The molecule has 1 amide bonds. The Morgan fingerprint density at radius 3 is 2.76 bits per heavy atom. The molecule has 4 nitrogen and oxygen atoms in total. The molecule has 2 rings (SSSR count). The largest absolute Gasteiger partial charge is 0.352 e. The monoisotopic (exact) mass is 297 g/mol. The van der Waals surface area contributed by atoms with Gasteiger partial charge in [-0.3, -0.25) is 4.79 Å². The van der Waals surface area contributed by atoms with E-state index in [1.807, 2.05) is 0 Å². The lowest BCUT2D eigenvalue weighted by Crippen LogP contribution is -2.34. The first-order valence-corrected chi connectivity index (χ1v) is 6.86. The van der Waals surface area contributed by atoms with Crippen LogP contribution < -0.4 is 5.32 Å². The van der Waals surface area contributed by atoms with Gasteiger partial charge in [0.15, 0.2) is 0 Å². The molecule has 92 valence electrons. The summed E-state index contributed by atoms with van der Waals surface area (Å²) in [5.41, 5.74) is 0.523. The van der Waals surface area contributed by atoms with Gasteiger partial charge in [-0.15, -0.1) is 0 Å². The maximum atomic E-state index is 11.8. The normalized spacial score (nSPS) is 24.3. The van der Waals surface area contributed by atoms with Crippen LogP contribution in [0.5, 0.6) is 0 Å². The third kappa shape index (κ3) is 3.49. The van der Waals surface area contributed by atoms with Crippen molar-refractivity contribution >= 4 is 21.8 Å². The first-order chi connectivity index (χ1) is 8.27. The summed E-state index contributed by atoms with van der Waals surface area (Å²) >= 11 is 3.69. The molecule has 0 aromatic carbocycles. The van der Waals surface area contributed by atoms with Crippen molar-refractivity contribution < 1.29 is 4.79 Å². The molecule has 1 aromatic rings. The van der Waals surface area contributed by atoms with E-state index in [4.69, 9.17) is 0 Å². The van der Waals surface area contributed by atoms with Crippen LogP contribution in [0.25, 0.3) is 0 Å². The van der Waals surface area contributed by atoms with E-state index in [1.165, 1.54) is 44.4 Å². The molecule has 0 saturated heterocycles. The van der Waals surface area contributed by atoms with E-state index in [-0.39, 0.29) is 5.91 Å². The second kappa shape index (κ2) is 6.10. The SMILES string of the molecule is O=C(NCC1CCCCC1Br)c1cncnc1. The molecule has 1 N–H and O–H groups in total. The number of aromatic nitrogens is 2. The number of hydrogen-bond acceptors (Lipinski definition) is 3. The predicted octanol–water partition coefficient (Wildman–Crippen LogP) is 2.16. The minimum Gasteiger partial charge on any atom is -0.352 e. The van der Waals surface area contributed by atoms with E-state index in [0.29, 0.717) is 16.3 Å². The lowest BCUT2D eigenvalue weighted by atomic mass is 9.89. The van der Waals surface area contributed by atoms with Gasteiger partial charge in [0.05, 0.1) is 5.56 Å². The van der Waals surface area contributed by atoms with E-state index in [1.54, 1.807) is 0 Å². The number of nitrogens with one attached hydrogen (secondary N) is 1. The maximum Gasteiger partial charge on any atom is 0.254 e. The molecular weight excluding hydrogens is 282 g/mol. The van der Waals surface area contributed by atoms with Crippen LogP contribution in [0.3, 0.4) is 0 Å². The van der Waals surface area contributed by atoms with Crippen LogP contribution in [0.2, 0.25) is 0 Å². The van der Waals surface area contributed by atoms with Crippen molar-refractivity contribution in [2.45, 2.75) is 30.5 Å². The number of nitrogens with zero attached hydrogens (tertiary/aromatic N) is 2. The average Bonchev–Trinajstić information content (AvgIpc) is 2.38. The van der Waals surface area contributed by atoms with Crippen molar-refractivity contribution in [2.75, 3.05) is 6.54 Å². The summed E-state index contributed by atoms with van der Waals surface area (Å²) in [6.45, 7) is 0.726. The highest BCUT2D eigenvalue weighted by Gasteiger charge is 2.23. The Labute approximate surface area is 109 Å². The van der Waals surface area contributed by atoms with Crippen LogP contribution in [0.4, 0.5) is 0 Å². The zero-order valence-electron chi connectivity index (χ0n) is 9.60. The topological polar surface area (TPSA) is 54.9 Å². The van der Waals surface area contributed by atoms with Crippen molar-refractivity contribution in [3.05, 3.63) is 24.3 Å². The molecule has 0 bridgehead atoms. The fourth-order valence-corrected chi connectivity index (χ4v) is 2.91. The zero-order valence-corrected chi connectivity index (χ0v) is 11.2. The van der Waals surface area contributed by atoms with Crippen LogP contribution >= 0.6 is 15.9 Å². The predicted molar refractivity (Wildman–Crippen MR) is 69.0 cm³/mol. The number of carbonyl (C=O) groups is 1. The van der Waals surface area contributed by atoms with Gasteiger partial charge in [0, 0.05) is 23.8 Å². The van der Waals surface area contributed by atoms with Gasteiger partial charge in [-0.2, -0.15) is 0 Å². The van der Waals surface area contributed by atoms with Crippen LogP contribution in [0.1, 0.15) is 36.0 Å². The van der Waals surface area contributed by atoms with Gasteiger partial charge >= 0.3 is 0 Å². The smallest absolute Gasteiger partial charge is 0.254 e. The Kier molecular flexibility index (Phi) is 4.48. The molecule has 2 unspecified atom stereocenters. The van der Waals surface area contributed by atoms with Crippen molar-refractivity contribution in [1.29, 1.82) is 0 Å². The fraction of sp³-hybridized carbons (Fsp3) is 0.583. The van der Waals surface area contributed by atoms with Crippen molar-refractivity contribution in [3.63, 3.8) is 0 Å². The minimum absolute atomic E-state index is 0.0872. The van der Waals surface area contributed by atoms with E-state index in [9.17, 15) is 4.79 Å². The summed E-state index contributed by atoms with van der Waals surface area (Å²) in [4.78, 5) is 20.0. The quantitative estimate of drug-likeness (QED) is 0.870. The van der Waals surface area contributed by atoms with Gasteiger partial charge in [-0.05, 0) is 18.8 Å². The Morgan fingerprint density at radius 1 is 1.35 bits per heavy atom. The first-order valence-electron chi connectivity index (χ1n) is 5.94. The summed E-state index contributed by atoms with van der Waals surface area (Å²) in [6.07, 6.45) is 9.43.